The minimum Gasteiger partial charge on any atom is -0.337 e. The average Bonchev–Trinajstić information content (AvgIpc) is 2.37. The van der Waals surface area contributed by atoms with Crippen molar-refractivity contribution in [1.29, 1.82) is 0 Å². The molecule has 0 saturated carbocycles. The van der Waals surface area contributed by atoms with Crippen molar-refractivity contribution in [3.8, 4) is 0 Å². The lowest BCUT2D eigenvalue weighted by atomic mass is 10.2. The molecular formula is C13H11Cl2N3O. The summed E-state index contributed by atoms with van der Waals surface area (Å²) in [6.07, 6.45) is 3.38. The highest BCUT2D eigenvalue weighted by Gasteiger charge is 2.13. The van der Waals surface area contributed by atoms with Crippen molar-refractivity contribution in [3.63, 3.8) is 0 Å². The van der Waals surface area contributed by atoms with Crippen LogP contribution in [0.15, 0.2) is 36.7 Å². The van der Waals surface area contributed by atoms with E-state index in [1.165, 1.54) is 12.1 Å². The van der Waals surface area contributed by atoms with E-state index in [9.17, 15) is 4.79 Å². The van der Waals surface area contributed by atoms with Gasteiger partial charge in [-0.05, 0) is 29.8 Å². The molecule has 0 saturated heterocycles. The van der Waals surface area contributed by atoms with Gasteiger partial charge in [0.25, 0.3) is 5.91 Å². The number of rotatable bonds is 3. The van der Waals surface area contributed by atoms with Crippen LogP contribution in [0.2, 0.25) is 10.3 Å². The van der Waals surface area contributed by atoms with Crippen molar-refractivity contribution < 1.29 is 4.79 Å². The Morgan fingerprint density at radius 3 is 2.37 bits per heavy atom. The molecule has 2 aromatic heterocycles. The van der Waals surface area contributed by atoms with E-state index in [1.807, 2.05) is 12.1 Å². The number of aromatic nitrogens is 2. The Bertz CT molecular complexity index is 569. The van der Waals surface area contributed by atoms with Crippen LogP contribution in [0.5, 0.6) is 0 Å². The lowest BCUT2D eigenvalue weighted by Gasteiger charge is -2.17. The molecule has 1 amide bonds. The third-order valence-corrected chi connectivity index (χ3v) is 2.91. The molecule has 0 aliphatic rings. The van der Waals surface area contributed by atoms with Crippen LogP contribution < -0.4 is 0 Å². The normalized spacial score (nSPS) is 10.3. The summed E-state index contributed by atoms with van der Waals surface area (Å²) >= 11 is 11.6. The summed E-state index contributed by atoms with van der Waals surface area (Å²) in [6.45, 7) is 0.485. The molecule has 2 heterocycles. The fraction of sp³-hybridized carbons (Fsp3) is 0.154. The number of nitrogens with zero attached hydrogens (tertiary/aromatic N) is 3. The van der Waals surface area contributed by atoms with Gasteiger partial charge in [-0.1, -0.05) is 23.2 Å². The molecule has 0 fully saturated rings. The molecule has 0 aliphatic carbocycles. The van der Waals surface area contributed by atoms with Crippen LogP contribution in [0.4, 0.5) is 0 Å². The molecule has 0 spiro atoms. The van der Waals surface area contributed by atoms with E-state index >= 15 is 0 Å². The van der Waals surface area contributed by atoms with Crippen molar-refractivity contribution in [2.24, 2.45) is 0 Å². The Hall–Kier alpha value is -1.65. The fourth-order valence-corrected chi connectivity index (χ4v) is 2.10. The van der Waals surface area contributed by atoms with E-state index in [4.69, 9.17) is 23.2 Å². The third kappa shape index (κ3) is 3.66. The van der Waals surface area contributed by atoms with Crippen LogP contribution in [0.1, 0.15) is 15.9 Å². The van der Waals surface area contributed by atoms with Crippen molar-refractivity contribution in [1.82, 2.24) is 14.9 Å². The second-order valence-corrected chi connectivity index (χ2v) is 4.79. The topological polar surface area (TPSA) is 46.1 Å². The zero-order valence-corrected chi connectivity index (χ0v) is 11.7. The maximum Gasteiger partial charge on any atom is 0.254 e. The van der Waals surface area contributed by atoms with Crippen LogP contribution in [0, 0.1) is 0 Å². The van der Waals surface area contributed by atoms with Crippen molar-refractivity contribution in [2.45, 2.75) is 6.54 Å². The van der Waals surface area contributed by atoms with E-state index in [1.54, 1.807) is 24.3 Å². The van der Waals surface area contributed by atoms with Gasteiger partial charge in [-0.2, -0.15) is 0 Å². The molecule has 0 radical (unpaired) electrons. The Balaban J connectivity index is 2.15. The van der Waals surface area contributed by atoms with Gasteiger partial charge in [0.1, 0.15) is 10.3 Å². The molecular weight excluding hydrogens is 285 g/mol. The Labute approximate surface area is 121 Å². The minimum atomic E-state index is -0.164. The maximum absolute atomic E-state index is 12.2. The second-order valence-electron chi connectivity index (χ2n) is 4.02. The first-order valence-electron chi connectivity index (χ1n) is 5.54. The Morgan fingerprint density at radius 2 is 1.79 bits per heavy atom. The zero-order valence-electron chi connectivity index (χ0n) is 10.2. The number of pyridine rings is 2. The highest BCUT2D eigenvalue weighted by molar-refractivity contribution is 6.33. The number of amides is 1. The van der Waals surface area contributed by atoms with Gasteiger partial charge in [-0.3, -0.25) is 9.78 Å². The number of carbonyl (C=O) groups excluding carboxylic acids is 1. The molecule has 6 heteroatoms. The summed E-state index contributed by atoms with van der Waals surface area (Å²) in [5.74, 6) is -0.164. The molecule has 4 nitrogen and oxygen atoms in total. The van der Waals surface area contributed by atoms with E-state index in [0.29, 0.717) is 12.1 Å². The van der Waals surface area contributed by atoms with Gasteiger partial charge in [0.2, 0.25) is 0 Å². The molecule has 98 valence electrons. The molecule has 0 bridgehead atoms. The SMILES string of the molecule is CN(Cc1ccncc1)C(=O)c1cc(Cl)nc(Cl)c1. The molecule has 0 aromatic carbocycles. The van der Waals surface area contributed by atoms with Crippen molar-refractivity contribution >= 4 is 29.1 Å². The monoisotopic (exact) mass is 295 g/mol. The highest BCUT2D eigenvalue weighted by Crippen LogP contribution is 2.16. The van der Waals surface area contributed by atoms with Crippen LogP contribution in [-0.4, -0.2) is 27.8 Å². The minimum absolute atomic E-state index is 0.164. The standard InChI is InChI=1S/C13H11Cl2N3O/c1-18(8-9-2-4-16-5-3-9)13(19)10-6-11(14)17-12(15)7-10/h2-7H,8H2,1H3. The largest absolute Gasteiger partial charge is 0.337 e. The lowest BCUT2D eigenvalue weighted by molar-refractivity contribution is 0.0785. The van der Waals surface area contributed by atoms with E-state index < -0.39 is 0 Å². The summed E-state index contributed by atoms with van der Waals surface area (Å²) in [5.41, 5.74) is 1.42. The van der Waals surface area contributed by atoms with Crippen molar-refractivity contribution in [2.75, 3.05) is 7.05 Å². The first kappa shape index (κ1) is 13.8. The molecule has 0 unspecified atom stereocenters. The molecule has 2 rings (SSSR count). The van der Waals surface area contributed by atoms with Gasteiger partial charge in [-0.25, -0.2) is 4.98 Å². The first-order valence-corrected chi connectivity index (χ1v) is 6.29. The predicted octanol–water partition coefficient (Wildman–Crippen LogP) is 3.06. The number of halogens is 2. The molecule has 0 N–H and O–H groups in total. The van der Waals surface area contributed by atoms with Gasteiger partial charge >= 0.3 is 0 Å². The van der Waals surface area contributed by atoms with Gasteiger partial charge < -0.3 is 4.90 Å². The maximum atomic E-state index is 12.2. The molecule has 0 aliphatic heterocycles. The first-order chi connectivity index (χ1) is 9.06. The summed E-state index contributed by atoms with van der Waals surface area (Å²) in [6, 6.07) is 6.71. The molecule has 2 aromatic rings. The summed E-state index contributed by atoms with van der Waals surface area (Å²) in [4.78, 5) is 21.5. The Kier molecular flexibility index (Phi) is 4.35. The second kappa shape index (κ2) is 5.99. The zero-order chi connectivity index (χ0) is 13.8. The van der Waals surface area contributed by atoms with Gasteiger partial charge in [0.15, 0.2) is 0 Å². The molecule has 0 atom stereocenters. The van der Waals surface area contributed by atoms with Crippen LogP contribution >= 0.6 is 23.2 Å². The smallest absolute Gasteiger partial charge is 0.254 e. The number of hydrogen-bond donors (Lipinski definition) is 0. The summed E-state index contributed by atoms with van der Waals surface area (Å²) < 4.78 is 0. The fourth-order valence-electron chi connectivity index (χ4n) is 1.64. The highest BCUT2D eigenvalue weighted by atomic mass is 35.5. The molecule has 19 heavy (non-hydrogen) atoms. The average molecular weight is 296 g/mol. The lowest BCUT2D eigenvalue weighted by Crippen LogP contribution is -2.26. The Morgan fingerprint density at radius 1 is 1.21 bits per heavy atom. The quantitative estimate of drug-likeness (QED) is 0.818. The van der Waals surface area contributed by atoms with Crippen LogP contribution in [-0.2, 0) is 6.54 Å². The summed E-state index contributed by atoms with van der Waals surface area (Å²) in [5, 5.41) is 0.404. The van der Waals surface area contributed by atoms with E-state index in [-0.39, 0.29) is 16.2 Å². The van der Waals surface area contributed by atoms with Gasteiger partial charge in [0.05, 0.1) is 0 Å². The van der Waals surface area contributed by atoms with Gasteiger partial charge in [0, 0.05) is 31.5 Å². The van der Waals surface area contributed by atoms with Crippen LogP contribution in [0.25, 0.3) is 0 Å². The van der Waals surface area contributed by atoms with Gasteiger partial charge in [-0.15, -0.1) is 0 Å². The van der Waals surface area contributed by atoms with E-state index in [2.05, 4.69) is 9.97 Å². The summed E-state index contributed by atoms with van der Waals surface area (Å²) in [7, 11) is 1.71. The number of hydrogen-bond acceptors (Lipinski definition) is 3. The van der Waals surface area contributed by atoms with Crippen molar-refractivity contribution in [3.05, 3.63) is 58.1 Å². The predicted molar refractivity (Wildman–Crippen MR) is 74.3 cm³/mol. The third-order valence-electron chi connectivity index (χ3n) is 2.53. The number of carbonyl (C=O) groups is 1. The van der Waals surface area contributed by atoms with Crippen LogP contribution in [0.3, 0.4) is 0 Å². The van der Waals surface area contributed by atoms with E-state index in [0.717, 1.165) is 5.56 Å².